The van der Waals surface area contributed by atoms with E-state index in [4.69, 9.17) is 0 Å². The summed E-state index contributed by atoms with van der Waals surface area (Å²) >= 11 is 0. The van der Waals surface area contributed by atoms with E-state index < -0.39 is 4.92 Å². The van der Waals surface area contributed by atoms with Gasteiger partial charge in [-0.3, -0.25) is 10.1 Å². The van der Waals surface area contributed by atoms with E-state index in [1.807, 2.05) is 0 Å². The highest BCUT2D eigenvalue weighted by atomic mass is 16.6. The van der Waals surface area contributed by atoms with Crippen LogP contribution in [0.5, 0.6) is 0 Å². The molecule has 0 bridgehead atoms. The molecule has 0 spiro atoms. The van der Waals surface area contributed by atoms with Crippen LogP contribution in [-0.2, 0) is 0 Å². The van der Waals surface area contributed by atoms with E-state index in [-0.39, 0.29) is 5.69 Å². The Kier molecular flexibility index (Phi) is 5.92. The molecule has 6 heteroatoms. The largest absolute Gasteiger partial charge is 0.364 e. The lowest BCUT2D eigenvalue weighted by Gasteiger charge is -2.31. The maximum Gasteiger partial charge on any atom is 0.311 e. The van der Waals surface area contributed by atoms with Gasteiger partial charge >= 0.3 is 5.69 Å². The Hall–Kier alpha value is -1.69. The van der Waals surface area contributed by atoms with Crippen molar-refractivity contribution < 1.29 is 4.92 Å². The van der Waals surface area contributed by atoms with Gasteiger partial charge in [-0.1, -0.05) is 19.3 Å². The molecule has 2 rings (SSSR count). The number of rotatable bonds is 7. The molecule has 1 aromatic heterocycles. The molecular weight excluding hydrogens is 268 g/mol. The van der Waals surface area contributed by atoms with Crippen molar-refractivity contribution >= 4 is 11.5 Å². The molecule has 1 aliphatic carbocycles. The average molecular weight is 292 g/mol. The SMILES string of the molecule is CN(CCCNc1ncccc1[N+](=O)[O-])C1CCCCC1. The number of pyridine rings is 1. The van der Waals surface area contributed by atoms with Gasteiger partial charge in [-0.25, -0.2) is 4.98 Å². The number of anilines is 1. The number of hydrogen-bond acceptors (Lipinski definition) is 5. The minimum atomic E-state index is -0.399. The summed E-state index contributed by atoms with van der Waals surface area (Å²) in [5, 5.41) is 14.0. The van der Waals surface area contributed by atoms with E-state index in [1.54, 1.807) is 12.3 Å². The smallest absolute Gasteiger partial charge is 0.311 e. The van der Waals surface area contributed by atoms with Crippen LogP contribution in [0, 0.1) is 10.1 Å². The second-order valence-electron chi connectivity index (χ2n) is 5.68. The number of nitrogens with one attached hydrogen (secondary N) is 1. The Bertz CT molecular complexity index is 461. The molecule has 21 heavy (non-hydrogen) atoms. The van der Waals surface area contributed by atoms with E-state index in [2.05, 4.69) is 22.2 Å². The van der Waals surface area contributed by atoms with Gasteiger partial charge in [0.1, 0.15) is 0 Å². The summed E-state index contributed by atoms with van der Waals surface area (Å²) in [5.74, 6) is 0.364. The van der Waals surface area contributed by atoms with Crippen molar-refractivity contribution in [1.29, 1.82) is 0 Å². The van der Waals surface area contributed by atoms with Crippen LogP contribution in [0.3, 0.4) is 0 Å². The fraction of sp³-hybridized carbons (Fsp3) is 0.667. The van der Waals surface area contributed by atoms with Crippen LogP contribution in [-0.4, -0.2) is 41.0 Å². The van der Waals surface area contributed by atoms with Crippen LogP contribution in [0.2, 0.25) is 0 Å². The summed E-state index contributed by atoms with van der Waals surface area (Å²) < 4.78 is 0. The van der Waals surface area contributed by atoms with Gasteiger partial charge in [-0.15, -0.1) is 0 Å². The Morgan fingerprint density at radius 1 is 1.43 bits per heavy atom. The van der Waals surface area contributed by atoms with Crippen LogP contribution in [0.4, 0.5) is 11.5 Å². The minimum Gasteiger partial charge on any atom is -0.364 e. The van der Waals surface area contributed by atoms with Crippen LogP contribution >= 0.6 is 0 Å². The normalized spacial score (nSPS) is 16.1. The van der Waals surface area contributed by atoms with E-state index in [0.717, 1.165) is 13.0 Å². The second-order valence-corrected chi connectivity index (χ2v) is 5.68. The molecule has 0 radical (unpaired) electrons. The molecule has 0 atom stereocenters. The maximum absolute atomic E-state index is 10.9. The predicted molar refractivity (Wildman–Crippen MR) is 83.5 cm³/mol. The molecule has 0 unspecified atom stereocenters. The molecule has 1 fully saturated rings. The van der Waals surface area contributed by atoms with Crippen LogP contribution in [0.25, 0.3) is 0 Å². The molecule has 1 saturated carbocycles. The monoisotopic (exact) mass is 292 g/mol. The number of hydrogen-bond donors (Lipinski definition) is 1. The molecule has 6 nitrogen and oxygen atoms in total. The maximum atomic E-state index is 10.9. The van der Waals surface area contributed by atoms with Crippen molar-refractivity contribution in [1.82, 2.24) is 9.88 Å². The van der Waals surface area contributed by atoms with Gasteiger partial charge in [0.2, 0.25) is 5.82 Å². The van der Waals surface area contributed by atoms with E-state index >= 15 is 0 Å². The molecule has 1 aromatic rings. The third-order valence-electron chi connectivity index (χ3n) is 4.16. The van der Waals surface area contributed by atoms with Crippen molar-refractivity contribution in [2.45, 2.75) is 44.6 Å². The third-order valence-corrected chi connectivity index (χ3v) is 4.16. The van der Waals surface area contributed by atoms with Crippen molar-refractivity contribution in [2.75, 3.05) is 25.5 Å². The number of nitrogens with zero attached hydrogens (tertiary/aromatic N) is 3. The molecule has 116 valence electrons. The zero-order valence-electron chi connectivity index (χ0n) is 12.6. The first-order valence-corrected chi connectivity index (χ1v) is 7.72. The zero-order chi connectivity index (χ0) is 15.1. The van der Waals surface area contributed by atoms with Crippen LogP contribution < -0.4 is 5.32 Å². The molecular formula is C15H24N4O2. The first-order chi connectivity index (χ1) is 10.2. The highest BCUT2D eigenvalue weighted by Gasteiger charge is 2.17. The molecule has 1 aliphatic rings. The fourth-order valence-electron chi connectivity index (χ4n) is 2.92. The predicted octanol–water partition coefficient (Wildman–Crippen LogP) is 3.06. The Morgan fingerprint density at radius 3 is 2.90 bits per heavy atom. The fourth-order valence-corrected chi connectivity index (χ4v) is 2.92. The van der Waals surface area contributed by atoms with Crippen molar-refractivity contribution in [3.05, 3.63) is 28.4 Å². The highest BCUT2D eigenvalue weighted by molar-refractivity contribution is 5.54. The average Bonchev–Trinajstić information content (AvgIpc) is 2.52. The van der Waals surface area contributed by atoms with Crippen molar-refractivity contribution in [3.63, 3.8) is 0 Å². The van der Waals surface area contributed by atoms with E-state index in [0.29, 0.717) is 18.4 Å². The van der Waals surface area contributed by atoms with Gasteiger partial charge in [0.05, 0.1) is 4.92 Å². The first-order valence-electron chi connectivity index (χ1n) is 7.72. The molecule has 1 N–H and O–H groups in total. The number of aromatic nitrogens is 1. The Labute approximate surface area is 125 Å². The van der Waals surface area contributed by atoms with E-state index in [9.17, 15) is 10.1 Å². The van der Waals surface area contributed by atoms with Gasteiger partial charge in [0.15, 0.2) is 0 Å². The summed E-state index contributed by atoms with van der Waals surface area (Å²) in [6, 6.07) is 3.77. The van der Waals surface area contributed by atoms with Crippen LogP contribution in [0.1, 0.15) is 38.5 Å². The van der Waals surface area contributed by atoms with E-state index in [1.165, 1.54) is 38.2 Å². The van der Waals surface area contributed by atoms with Crippen LogP contribution in [0.15, 0.2) is 18.3 Å². The first kappa shape index (κ1) is 15.7. The molecule has 0 aromatic carbocycles. The Morgan fingerprint density at radius 2 is 2.19 bits per heavy atom. The van der Waals surface area contributed by atoms with Gasteiger partial charge in [-0.2, -0.15) is 0 Å². The standard InChI is InChI=1S/C15H24N4O2/c1-18(13-7-3-2-4-8-13)12-6-11-17-15-14(19(20)21)9-5-10-16-15/h5,9-10,13H,2-4,6-8,11-12H2,1H3,(H,16,17). The summed E-state index contributed by atoms with van der Waals surface area (Å²) in [6.07, 6.45) is 9.19. The van der Waals surface area contributed by atoms with Gasteiger partial charge in [0.25, 0.3) is 0 Å². The molecule has 0 saturated heterocycles. The summed E-state index contributed by atoms with van der Waals surface area (Å²) in [7, 11) is 2.18. The number of nitro groups is 1. The lowest BCUT2D eigenvalue weighted by Crippen LogP contribution is -2.34. The zero-order valence-corrected chi connectivity index (χ0v) is 12.6. The van der Waals surface area contributed by atoms with Gasteiger partial charge in [0, 0.05) is 24.8 Å². The van der Waals surface area contributed by atoms with Gasteiger partial charge in [-0.05, 0) is 38.9 Å². The highest BCUT2D eigenvalue weighted by Crippen LogP contribution is 2.22. The quantitative estimate of drug-likeness (QED) is 0.475. The third kappa shape index (κ3) is 4.67. The summed E-state index contributed by atoms with van der Waals surface area (Å²) in [6.45, 7) is 1.72. The summed E-state index contributed by atoms with van der Waals surface area (Å²) in [4.78, 5) is 17.0. The Balaban J connectivity index is 1.73. The topological polar surface area (TPSA) is 71.3 Å². The lowest BCUT2D eigenvalue weighted by atomic mass is 9.94. The van der Waals surface area contributed by atoms with Gasteiger partial charge < -0.3 is 10.2 Å². The molecule has 0 amide bonds. The second kappa shape index (κ2) is 7.93. The lowest BCUT2D eigenvalue weighted by molar-refractivity contribution is -0.384. The summed E-state index contributed by atoms with van der Waals surface area (Å²) in [5.41, 5.74) is 0.0399. The minimum absolute atomic E-state index is 0.0399. The molecule has 1 heterocycles. The van der Waals surface area contributed by atoms with Crippen molar-refractivity contribution in [3.8, 4) is 0 Å². The molecule has 0 aliphatic heterocycles. The van der Waals surface area contributed by atoms with Crippen molar-refractivity contribution in [2.24, 2.45) is 0 Å².